The molecule has 4 heterocycles. The van der Waals surface area contributed by atoms with Gasteiger partial charge in [-0.05, 0) is 6.07 Å². The van der Waals surface area contributed by atoms with Gasteiger partial charge in [0.25, 0.3) is 0 Å². The molecule has 162 valence electrons. The number of nitrogens with zero attached hydrogens (tertiary/aromatic N) is 7. The molecule has 0 bridgehead atoms. The van der Waals surface area contributed by atoms with E-state index in [0.29, 0.717) is 38.9 Å². The number of halogens is 1. The molecule has 0 aliphatic heterocycles. The van der Waals surface area contributed by atoms with Gasteiger partial charge in [0.15, 0.2) is 11.6 Å². The average molecular weight is 435 g/mol. The second kappa shape index (κ2) is 7.15. The molecule has 0 spiro atoms. The minimum Gasteiger partial charge on any atom is -0.496 e. The monoisotopic (exact) mass is 435 g/mol. The highest BCUT2D eigenvalue weighted by Crippen LogP contribution is 2.36. The first-order chi connectivity index (χ1) is 15.4. The van der Waals surface area contributed by atoms with Crippen molar-refractivity contribution in [1.82, 2.24) is 34.1 Å². The molecule has 0 atom stereocenters. The predicted octanol–water partition coefficient (Wildman–Crippen LogP) is 2.22. The third-order valence-electron chi connectivity index (χ3n) is 5.37. The zero-order chi connectivity index (χ0) is 22.6. The van der Waals surface area contributed by atoms with E-state index >= 15 is 0 Å². The summed E-state index contributed by atoms with van der Waals surface area (Å²) in [5.74, 6) is -0.0128. The second-order valence-electron chi connectivity index (χ2n) is 7.19. The van der Waals surface area contributed by atoms with Crippen LogP contribution in [0.1, 0.15) is 0 Å². The van der Waals surface area contributed by atoms with E-state index in [4.69, 9.17) is 9.47 Å². The van der Waals surface area contributed by atoms with Crippen molar-refractivity contribution in [3.8, 4) is 28.4 Å². The van der Waals surface area contributed by atoms with Gasteiger partial charge in [-0.15, -0.1) is 5.10 Å². The largest absolute Gasteiger partial charge is 0.496 e. The molecule has 1 aromatic carbocycles. The quantitative estimate of drug-likeness (QED) is 0.427. The summed E-state index contributed by atoms with van der Waals surface area (Å²) in [7, 11) is 6.31. The number of fused-ring (bicyclic) bond motifs is 3. The maximum Gasteiger partial charge on any atom is 0.333 e. The van der Waals surface area contributed by atoms with Crippen LogP contribution in [0.4, 0.5) is 4.39 Å². The van der Waals surface area contributed by atoms with Crippen LogP contribution in [0, 0.1) is 5.82 Å². The Labute approximate surface area is 180 Å². The molecular formula is C21H18FN7O3. The van der Waals surface area contributed by atoms with Crippen molar-refractivity contribution < 1.29 is 13.9 Å². The summed E-state index contributed by atoms with van der Waals surface area (Å²) in [5.41, 5.74) is 2.33. The van der Waals surface area contributed by atoms with Gasteiger partial charge < -0.3 is 9.47 Å². The lowest BCUT2D eigenvalue weighted by atomic mass is 10.1. The van der Waals surface area contributed by atoms with E-state index < -0.39 is 11.5 Å². The zero-order valence-corrected chi connectivity index (χ0v) is 17.7. The summed E-state index contributed by atoms with van der Waals surface area (Å²) in [4.78, 5) is 21.6. The Morgan fingerprint density at radius 3 is 2.50 bits per heavy atom. The number of pyridine rings is 2. The molecule has 0 amide bonds. The van der Waals surface area contributed by atoms with E-state index in [2.05, 4.69) is 20.3 Å². The summed E-state index contributed by atoms with van der Waals surface area (Å²) in [6.07, 6.45) is 5.73. The topological polar surface area (TPSA) is 102 Å². The summed E-state index contributed by atoms with van der Waals surface area (Å²) in [6.45, 7) is 0. The van der Waals surface area contributed by atoms with Crippen LogP contribution in [0.25, 0.3) is 38.9 Å². The Balaban J connectivity index is 1.96. The predicted molar refractivity (Wildman–Crippen MR) is 115 cm³/mol. The SMILES string of the molecule is COc1cc2ncc3c(c2cc1-c1cn(C)nn1)n(-c1c(F)cncc1OC)c(=O)n3C. The van der Waals surface area contributed by atoms with Gasteiger partial charge in [-0.1, -0.05) is 5.21 Å². The van der Waals surface area contributed by atoms with Crippen molar-refractivity contribution in [2.75, 3.05) is 14.2 Å². The molecule has 0 fully saturated rings. The van der Waals surface area contributed by atoms with Crippen LogP contribution >= 0.6 is 0 Å². The zero-order valence-electron chi connectivity index (χ0n) is 17.7. The van der Waals surface area contributed by atoms with Gasteiger partial charge in [-0.2, -0.15) is 0 Å². The van der Waals surface area contributed by atoms with Crippen LogP contribution in [-0.2, 0) is 14.1 Å². The number of hydrogen-bond acceptors (Lipinski definition) is 7. The van der Waals surface area contributed by atoms with E-state index in [9.17, 15) is 9.18 Å². The molecule has 0 radical (unpaired) electrons. The van der Waals surface area contributed by atoms with Crippen molar-refractivity contribution in [2.45, 2.75) is 0 Å². The molecule has 4 aromatic heterocycles. The number of methoxy groups -OCH3 is 2. The third-order valence-corrected chi connectivity index (χ3v) is 5.37. The summed E-state index contributed by atoms with van der Waals surface area (Å²) in [5, 5.41) is 8.78. The highest BCUT2D eigenvalue weighted by molar-refractivity contribution is 6.05. The first-order valence-electron chi connectivity index (χ1n) is 9.57. The van der Waals surface area contributed by atoms with Crippen molar-refractivity contribution >= 4 is 21.9 Å². The van der Waals surface area contributed by atoms with Gasteiger partial charge in [0.2, 0.25) is 0 Å². The van der Waals surface area contributed by atoms with Crippen LogP contribution in [0.5, 0.6) is 11.5 Å². The third kappa shape index (κ3) is 2.74. The molecule has 11 heteroatoms. The first kappa shape index (κ1) is 19.7. The summed E-state index contributed by atoms with van der Waals surface area (Å²) < 4.78 is 30.1. The van der Waals surface area contributed by atoms with Crippen LogP contribution in [0.3, 0.4) is 0 Å². The van der Waals surface area contributed by atoms with Gasteiger partial charge in [0.05, 0.1) is 55.6 Å². The molecular weight excluding hydrogens is 417 g/mol. The molecule has 10 nitrogen and oxygen atoms in total. The molecule has 0 N–H and O–H groups in total. The minimum absolute atomic E-state index is 0.0255. The van der Waals surface area contributed by atoms with E-state index in [1.807, 2.05) is 6.07 Å². The number of imidazole rings is 1. The van der Waals surface area contributed by atoms with E-state index in [0.717, 1.165) is 6.20 Å². The fourth-order valence-electron chi connectivity index (χ4n) is 3.85. The molecule has 32 heavy (non-hydrogen) atoms. The van der Waals surface area contributed by atoms with Gasteiger partial charge in [-0.3, -0.25) is 23.8 Å². The minimum atomic E-state index is -0.688. The van der Waals surface area contributed by atoms with Crippen molar-refractivity contribution in [2.24, 2.45) is 14.1 Å². The van der Waals surface area contributed by atoms with Gasteiger partial charge in [0.1, 0.15) is 17.1 Å². The molecule has 0 saturated carbocycles. The van der Waals surface area contributed by atoms with Gasteiger partial charge in [0, 0.05) is 31.1 Å². The van der Waals surface area contributed by atoms with Crippen LogP contribution in [0.2, 0.25) is 0 Å². The van der Waals surface area contributed by atoms with Crippen LogP contribution in [-0.4, -0.2) is 48.3 Å². The van der Waals surface area contributed by atoms with E-state index in [-0.39, 0.29) is 11.4 Å². The smallest absolute Gasteiger partial charge is 0.333 e. The number of ether oxygens (including phenoxy) is 2. The highest BCUT2D eigenvalue weighted by atomic mass is 19.1. The number of aryl methyl sites for hydroxylation is 2. The maximum absolute atomic E-state index is 14.9. The Hall–Kier alpha value is -4.28. The molecule has 0 saturated heterocycles. The molecule has 0 aliphatic carbocycles. The van der Waals surface area contributed by atoms with E-state index in [1.165, 1.54) is 22.4 Å². The lowest BCUT2D eigenvalue weighted by Crippen LogP contribution is -2.22. The number of benzene rings is 1. The normalized spacial score (nSPS) is 11.4. The standard InChI is InChI=1S/C21H18FN7O3/c1-27-10-15(25-26-27)11-5-12-14(6-17(11)31-3)24-8-16-19(12)29(21(30)28(16)2)20-13(22)7-23-9-18(20)32-4/h5-10H,1-4H3. The lowest BCUT2D eigenvalue weighted by Gasteiger charge is -2.12. The van der Waals surface area contributed by atoms with Gasteiger partial charge in [-0.25, -0.2) is 9.18 Å². The Morgan fingerprint density at radius 1 is 1.03 bits per heavy atom. The number of hydrogen-bond donors (Lipinski definition) is 0. The molecule has 0 unspecified atom stereocenters. The fraction of sp³-hybridized carbons (Fsp3) is 0.190. The van der Waals surface area contributed by atoms with Crippen molar-refractivity contribution in [3.63, 3.8) is 0 Å². The van der Waals surface area contributed by atoms with E-state index in [1.54, 1.807) is 44.3 Å². The fourth-order valence-corrected chi connectivity index (χ4v) is 3.85. The van der Waals surface area contributed by atoms with Crippen molar-refractivity contribution in [1.29, 1.82) is 0 Å². The molecule has 0 aliphatic rings. The second-order valence-corrected chi connectivity index (χ2v) is 7.19. The highest BCUT2D eigenvalue weighted by Gasteiger charge is 2.23. The Morgan fingerprint density at radius 2 is 1.81 bits per heavy atom. The van der Waals surface area contributed by atoms with Crippen LogP contribution in [0.15, 0.2) is 41.7 Å². The summed E-state index contributed by atoms with van der Waals surface area (Å²) in [6, 6.07) is 3.57. The van der Waals surface area contributed by atoms with Gasteiger partial charge >= 0.3 is 5.69 Å². The van der Waals surface area contributed by atoms with Crippen LogP contribution < -0.4 is 15.2 Å². The number of aromatic nitrogens is 7. The molecule has 5 aromatic rings. The van der Waals surface area contributed by atoms with Crippen molar-refractivity contribution in [3.05, 3.63) is 53.2 Å². The summed E-state index contributed by atoms with van der Waals surface area (Å²) >= 11 is 0. The first-order valence-corrected chi connectivity index (χ1v) is 9.57. The lowest BCUT2D eigenvalue weighted by molar-refractivity contribution is 0.406. The average Bonchev–Trinajstić information content (AvgIpc) is 3.34. The maximum atomic E-state index is 14.9. The number of rotatable bonds is 4. The molecule has 5 rings (SSSR count). The Bertz CT molecular complexity index is 1570. The Kier molecular flexibility index (Phi) is 4.40.